The molecule has 1 fully saturated rings. The molecule has 0 unspecified atom stereocenters. The summed E-state index contributed by atoms with van der Waals surface area (Å²) in [6.07, 6.45) is 1.16. The van der Waals surface area contributed by atoms with Crippen LogP contribution >= 0.6 is 0 Å². The Morgan fingerprint density at radius 3 is 2.43 bits per heavy atom. The summed E-state index contributed by atoms with van der Waals surface area (Å²) in [5.41, 5.74) is 5.19. The third kappa shape index (κ3) is 2.23. The molecule has 0 radical (unpaired) electrons. The minimum atomic E-state index is -3.10. The lowest BCUT2D eigenvalue weighted by Gasteiger charge is -2.42. The van der Waals surface area contributed by atoms with Crippen molar-refractivity contribution in [1.29, 1.82) is 0 Å². The summed E-state index contributed by atoms with van der Waals surface area (Å²) in [5.74, 6) is -0.164. The van der Waals surface area contributed by atoms with E-state index in [1.807, 2.05) is 0 Å². The first-order chi connectivity index (χ1) is 6.36. The summed E-state index contributed by atoms with van der Waals surface area (Å²) in [6.45, 7) is 0.716. The molecule has 1 heterocycles. The first kappa shape index (κ1) is 11.4. The maximum atomic E-state index is 11.1. The summed E-state index contributed by atoms with van der Waals surface area (Å²) in [5, 5.41) is 0. The Balaban J connectivity index is 2.46. The molecule has 0 saturated carbocycles. The number of rotatable bonds is 3. The number of hydrogen-bond acceptors (Lipinski definition) is 4. The van der Waals surface area contributed by atoms with E-state index in [0.29, 0.717) is 13.1 Å². The molecule has 0 aromatic heterocycles. The molecular formula is C7H15N3O3S. The van der Waals surface area contributed by atoms with Crippen LogP contribution in [0.2, 0.25) is 0 Å². The molecular weight excluding hydrogens is 206 g/mol. The van der Waals surface area contributed by atoms with Crippen molar-refractivity contribution in [1.82, 2.24) is 9.21 Å². The highest BCUT2D eigenvalue weighted by Gasteiger charge is 2.36. The van der Waals surface area contributed by atoms with Crippen molar-refractivity contribution in [2.24, 2.45) is 5.73 Å². The zero-order valence-electron chi connectivity index (χ0n) is 8.30. The van der Waals surface area contributed by atoms with Gasteiger partial charge in [-0.3, -0.25) is 4.79 Å². The van der Waals surface area contributed by atoms with Crippen molar-refractivity contribution >= 4 is 15.9 Å². The molecule has 0 atom stereocenters. The Hall–Kier alpha value is -0.660. The number of hydrogen-bond donors (Lipinski definition) is 1. The average molecular weight is 221 g/mol. The molecule has 82 valence electrons. The van der Waals surface area contributed by atoms with Crippen molar-refractivity contribution in [3.63, 3.8) is 0 Å². The Labute approximate surface area is 83.7 Å². The van der Waals surface area contributed by atoms with Gasteiger partial charge >= 0.3 is 0 Å². The Morgan fingerprint density at radius 2 is 2.07 bits per heavy atom. The molecule has 7 heteroatoms. The molecule has 1 aliphatic rings. The van der Waals surface area contributed by atoms with Crippen molar-refractivity contribution in [2.45, 2.75) is 6.04 Å². The van der Waals surface area contributed by atoms with E-state index in [4.69, 9.17) is 5.73 Å². The first-order valence-electron chi connectivity index (χ1n) is 4.27. The van der Waals surface area contributed by atoms with Crippen LogP contribution in [0, 0.1) is 0 Å². The van der Waals surface area contributed by atoms with Crippen LogP contribution in [0.25, 0.3) is 0 Å². The minimum absolute atomic E-state index is 0.0271. The van der Waals surface area contributed by atoms with E-state index in [0.717, 1.165) is 6.26 Å². The van der Waals surface area contributed by atoms with Gasteiger partial charge in [-0.1, -0.05) is 0 Å². The van der Waals surface area contributed by atoms with E-state index in [9.17, 15) is 13.2 Å². The first-order valence-corrected chi connectivity index (χ1v) is 6.12. The third-order valence-electron chi connectivity index (χ3n) is 2.41. The van der Waals surface area contributed by atoms with E-state index in [-0.39, 0.29) is 18.5 Å². The maximum Gasteiger partial charge on any atom is 0.236 e. The minimum Gasteiger partial charge on any atom is -0.339 e. The molecule has 0 bridgehead atoms. The fourth-order valence-corrected chi connectivity index (χ4v) is 2.17. The highest BCUT2D eigenvalue weighted by atomic mass is 32.2. The van der Waals surface area contributed by atoms with Crippen LogP contribution in [0.4, 0.5) is 0 Å². The van der Waals surface area contributed by atoms with E-state index < -0.39 is 10.0 Å². The van der Waals surface area contributed by atoms with Gasteiger partial charge in [0.1, 0.15) is 0 Å². The number of sulfonamides is 1. The zero-order valence-corrected chi connectivity index (χ0v) is 9.12. The van der Waals surface area contributed by atoms with E-state index in [1.54, 1.807) is 7.05 Å². The molecule has 1 amide bonds. The molecule has 14 heavy (non-hydrogen) atoms. The van der Waals surface area contributed by atoms with Crippen LogP contribution in [0.3, 0.4) is 0 Å². The number of nitrogens with zero attached hydrogens (tertiary/aromatic N) is 2. The fourth-order valence-electron chi connectivity index (χ4n) is 1.28. The smallest absolute Gasteiger partial charge is 0.236 e. The van der Waals surface area contributed by atoms with Gasteiger partial charge in [0, 0.05) is 20.1 Å². The van der Waals surface area contributed by atoms with Crippen LogP contribution in [-0.4, -0.2) is 62.5 Å². The van der Waals surface area contributed by atoms with Crippen molar-refractivity contribution in [3.05, 3.63) is 0 Å². The van der Waals surface area contributed by atoms with Crippen LogP contribution in [0.1, 0.15) is 0 Å². The molecule has 6 nitrogen and oxygen atoms in total. The van der Waals surface area contributed by atoms with Gasteiger partial charge in [-0.05, 0) is 0 Å². The summed E-state index contributed by atoms with van der Waals surface area (Å²) in [4.78, 5) is 12.6. The largest absolute Gasteiger partial charge is 0.339 e. The lowest BCUT2D eigenvalue weighted by atomic mass is 10.1. The fraction of sp³-hybridized carbons (Fsp3) is 0.857. The molecule has 1 aliphatic heterocycles. The van der Waals surface area contributed by atoms with Crippen LogP contribution in [0.15, 0.2) is 0 Å². The van der Waals surface area contributed by atoms with Crippen molar-refractivity contribution < 1.29 is 13.2 Å². The van der Waals surface area contributed by atoms with Crippen molar-refractivity contribution in [2.75, 3.05) is 32.9 Å². The molecule has 0 aromatic carbocycles. The highest BCUT2D eigenvalue weighted by Crippen LogP contribution is 2.16. The van der Waals surface area contributed by atoms with E-state index >= 15 is 0 Å². The maximum absolute atomic E-state index is 11.1. The van der Waals surface area contributed by atoms with Crippen molar-refractivity contribution in [3.8, 4) is 0 Å². The van der Waals surface area contributed by atoms with Gasteiger partial charge in [-0.2, -0.15) is 4.31 Å². The average Bonchev–Trinajstić information content (AvgIpc) is 1.97. The van der Waals surface area contributed by atoms with E-state index in [1.165, 1.54) is 9.21 Å². The normalized spacial score (nSPS) is 19.1. The van der Waals surface area contributed by atoms with Gasteiger partial charge in [-0.25, -0.2) is 8.42 Å². The monoisotopic (exact) mass is 221 g/mol. The van der Waals surface area contributed by atoms with E-state index in [2.05, 4.69) is 0 Å². The number of amides is 1. The second-order valence-corrected chi connectivity index (χ2v) is 5.43. The van der Waals surface area contributed by atoms with Crippen LogP contribution in [0.5, 0.6) is 0 Å². The zero-order chi connectivity index (χ0) is 10.9. The topological polar surface area (TPSA) is 83.7 Å². The summed E-state index contributed by atoms with van der Waals surface area (Å²) >= 11 is 0. The highest BCUT2D eigenvalue weighted by molar-refractivity contribution is 7.88. The second kappa shape index (κ2) is 3.84. The Bertz CT molecular complexity index is 321. The van der Waals surface area contributed by atoms with Gasteiger partial charge in [-0.15, -0.1) is 0 Å². The molecule has 1 rings (SSSR count). The predicted molar refractivity (Wildman–Crippen MR) is 52.0 cm³/mol. The predicted octanol–water partition coefficient (Wildman–Crippen LogP) is -1.95. The number of nitrogens with two attached hydrogens (primary N) is 1. The molecule has 0 spiro atoms. The molecule has 0 aliphatic carbocycles. The molecule has 0 aromatic rings. The quantitative estimate of drug-likeness (QED) is 0.600. The number of carbonyl (C=O) groups excluding carboxylic acids is 1. The van der Waals surface area contributed by atoms with Gasteiger partial charge in [0.15, 0.2) is 0 Å². The van der Waals surface area contributed by atoms with Gasteiger partial charge in [0.2, 0.25) is 15.9 Å². The SMILES string of the molecule is CN(C(=O)CN)C1CN(S(C)(=O)=O)C1. The number of carbonyl (C=O) groups is 1. The van der Waals surface area contributed by atoms with Crippen LogP contribution in [-0.2, 0) is 14.8 Å². The molecule has 1 saturated heterocycles. The summed E-state index contributed by atoms with van der Waals surface area (Å²) < 4.78 is 23.4. The Kier molecular flexibility index (Phi) is 3.13. The lowest BCUT2D eigenvalue weighted by Crippen LogP contribution is -2.61. The van der Waals surface area contributed by atoms with Gasteiger partial charge in [0.25, 0.3) is 0 Å². The Morgan fingerprint density at radius 1 is 1.57 bits per heavy atom. The third-order valence-corrected chi connectivity index (χ3v) is 3.65. The second-order valence-electron chi connectivity index (χ2n) is 3.44. The summed E-state index contributed by atoms with van der Waals surface area (Å²) in [6, 6.07) is -0.0271. The van der Waals surface area contributed by atoms with Crippen LogP contribution < -0.4 is 5.73 Å². The van der Waals surface area contributed by atoms with Gasteiger partial charge in [0.05, 0.1) is 18.8 Å². The molecule has 2 N–H and O–H groups in total. The standard InChI is InChI=1S/C7H15N3O3S/c1-9(7(11)3-8)6-4-10(5-6)14(2,12)13/h6H,3-5,8H2,1-2H3. The lowest BCUT2D eigenvalue weighted by molar-refractivity contribution is -0.132. The van der Waals surface area contributed by atoms with Gasteiger partial charge < -0.3 is 10.6 Å². The number of likely N-dealkylation sites (N-methyl/N-ethyl adjacent to an activating group) is 1. The summed E-state index contributed by atoms with van der Waals surface area (Å²) in [7, 11) is -1.46.